The molecule has 4 nitrogen and oxygen atoms in total. The lowest BCUT2D eigenvalue weighted by atomic mass is 9.90. The van der Waals surface area contributed by atoms with Crippen molar-refractivity contribution in [2.45, 2.75) is 32.8 Å². The molecule has 1 N–H and O–H groups in total. The van der Waals surface area contributed by atoms with Crippen LogP contribution in [0, 0.1) is 0 Å². The highest BCUT2D eigenvalue weighted by Crippen LogP contribution is 2.27. The Kier molecular flexibility index (Phi) is 3.54. The van der Waals surface area contributed by atoms with E-state index in [9.17, 15) is 5.11 Å². The first-order chi connectivity index (χ1) is 8.43. The Balaban J connectivity index is 2.62. The topological polar surface area (TPSA) is 50.9 Å². The molecule has 0 spiro atoms. The third-order valence-corrected chi connectivity index (χ3v) is 3.15. The van der Waals surface area contributed by atoms with Gasteiger partial charge in [0.2, 0.25) is 0 Å². The van der Waals surface area contributed by atoms with Crippen LogP contribution in [-0.4, -0.2) is 20.1 Å². The maximum absolute atomic E-state index is 9.37. The van der Waals surface area contributed by atoms with E-state index in [4.69, 9.17) is 0 Å². The molecule has 2 aromatic rings. The fourth-order valence-electron chi connectivity index (χ4n) is 1.96. The van der Waals surface area contributed by atoms with E-state index < -0.39 is 0 Å². The molecule has 0 aliphatic carbocycles. The SMILES string of the molecule is CC(C)(C)c1c(CO)nnn1-c1cccc(Br)c1. The molecule has 1 aromatic heterocycles. The minimum atomic E-state index is -0.135. The molecule has 0 fully saturated rings. The van der Waals surface area contributed by atoms with E-state index in [0.29, 0.717) is 5.69 Å². The molecular formula is C13H16BrN3O. The summed E-state index contributed by atoms with van der Waals surface area (Å²) >= 11 is 3.45. The lowest BCUT2D eigenvalue weighted by Crippen LogP contribution is -2.19. The zero-order valence-electron chi connectivity index (χ0n) is 10.7. The largest absolute Gasteiger partial charge is 0.390 e. The molecule has 0 radical (unpaired) electrons. The number of aromatic nitrogens is 3. The predicted octanol–water partition coefficient (Wildman–Crippen LogP) is 2.82. The smallest absolute Gasteiger partial charge is 0.112 e. The quantitative estimate of drug-likeness (QED) is 0.928. The summed E-state index contributed by atoms with van der Waals surface area (Å²) in [6.07, 6.45) is 0. The molecule has 0 aliphatic rings. The van der Waals surface area contributed by atoms with E-state index in [1.54, 1.807) is 4.68 Å². The zero-order chi connectivity index (χ0) is 13.3. The lowest BCUT2D eigenvalue weighted by molar-refractivity contribution is 0.273. The zero-order valence-corrected chi connectivity index (χ0v) is 12.3. The number of hydrogen-bond acceptors (Lipinski definition) is 3. The van der Waals surface area contributed by atoms with Gasteiger partial charge in [-0.2, -0.15) is 0 Å². The third-order valence-electron chi connectivity index (χ3n) is 2.65. The van der Waals surface area contributed by atoms with Crippen LogP contribution in [0.1, 0.15) is 32.2 Å². The summed E-state index contributed by atoms with van der Waals surface area (Å²) in [6, 6.07) is 7.86. The second-order valence-corrected chi connectivity index (χ2v) is 6.10. The lowest BCUT2D eigenvalue weighted by Gasteiger charge is -2.20. The fourth-order valence-corrected chi connectivity index (χ4v) is 2.35. The van der Waals surface area contributed by atoms with Crippen molar-refractivity contribution >= 4 is 15.9 Å². The van der Waals surface area contributed by atoms with Gasteiger partial charge >= 0.3 is 0 Å². The molecule has 0 atom stereocenters. The van der Waals surface area contributed by atoms with Gasteiger partial charge in [0.25, 0.3) is 0 Å². The molecule has 0 amide bonds. The van der Waals surface area contributed by atoms with E-state index in [-0.39, 0.29) is 12.0 Å². The number of nitrogens with zero attached hydrogens (tertiary/aromatic N) is 3. The summed E-state index contributed by atoms with van der Waals surface area (Å²) in [7, 11) is 0. The van der Waals surface area contributed by atoms with Crippen molar-refractivity contribution in [2.24, 2.45) is 0 Å². The van der Waals surface area contributed by atoms with Gasteiger partial charge in [-0.3, -0.25) is 0 Å². The molecule has 96 valence electrons. The number of rotatable bonds is 2. The van der Waals surface area contributed by atoms with Crippen LogP contribution >= 0.6 is 15.9 Å². The highest BCUT2D eigenvalue weighted by Gasteiger charge is 2.25. The molecule has 0 saturated heterocycles. The van der Waals surface area contributed by atoms with Crippen molar-refractivity contribution in [3.8, 4) is 5.69 Å². The van der Waals surface area contributed by atoms with E-state index in [0.717, 1.165) is 15.9 Å². The van der Waals surface area contributed by atoms with Crippen molar-refractivity contribution in [1.82, 2.24) is 15.0 Å². The molecule has 0 bridgehead atoms. The Morgan fingerprint density at radius 2 is 2.06 bits per heavy atom. The Bertz CT molecular complexity index is 558. The van der Waals surface area contributed by atoms with Crippen LogP contribution in [0.25, 0.3) is 5.69 Å². The molecule has 1 aromatic carbocycles. The number of hydrogen-bond donors (Lipinski definition) is 1. The summed E-state index contributed by atoms with van der Waals surface area (Å²) in [5, 5.41) is 17.6. The molecule has 0 unspecified atom stereocenters. The van der Waals surface area contributed by atoms with E-state index in [1.807, 2.05) is 24.3 Å². The fraction of sp³-hybridized carbons (Fsp3) is 0.385. The summed E-state index contributed by atoms with van der Waals surface area (Å²) in [6.45, 7) is 6.15. The van der Waals surface area contributed by atoms with E-state index >= 15 is 0 Å². The predicted molar refractivity (Wildman–Crippen MR) is 73.7 cm³/mol. The minimum absolute atomic E-state index is 0.0966. The van der Waals surface area contributed by atoms with Gasteiger partial charge in [-0.05, 0) is 18.2 Å². The summed E-state index contributed by atoms with van der Waals surface area (Å²) in [5.74, 6) is 0. The molecule has 1 heterocycles. The number of benzene rings is 1. The summed E-state index contributed by atoms with van der Waals surface area (Å²) in [4.78, 5) is 0. The van der Waals surface area contributed by atoms with Crippen LogP contribution in [0.3, 0.4) is 0 Å². The maximum Gasteiger partial charge on any atom is 0.112 e. The van der Waals surface area contributed by atoms with Crippen LogP contribution in [0.15, 0.2) is 28.7 Å². The van der Waals surface area contributed by atoms with Crippen LogP contribution in [0.5, 0.6) is 0 Å². The first kappa shape index (κ1) is 13.2. The molecular weight excluding hydrogens is 294 g/mol. The van der Waals surface area contributed by atoms with Gasteiger partial charge in [0.1, 0.15) is 5.69 Å². The number of aliphatic hydroxyl groups excluding tert-OH is 1. The standard InChI is InChI=1S/C13H16BrN3O/c1-13(2,3)12-11(8-18)15-16-17(12)10-6-4-5-9(14)7-10/h4-7,18H,8H2,1-3H3. The molecule has 0 aliphatic heterocycles. The van der Waals surface area contributed by atoms with Crippen molar-refractivity contribution in [1.29, 1.82) is 0 Å². The van der Waals surface area contributed by atoms with E-state index in [1.165, 1.54) is 0 Å². The minimum Gasteiger partial charge on any atom is -0.390 e. The van der Waals surface area contributed by atoms with Crippen molar-refractivity contribution in [2.75, 3.05) is 0 Å². The van der Waals surface area contributed by atoms with Crippen LogP contribution in [0.2, 0.25) is 0 Å². The van der Waals surface area contributed by atoms with E-state index in [2.05, 4.69) is 47.0 Å². The van der Waals surface area contributed by atoms with Gasteiger partial charge in [-0.1, -0.05) is 48.0 Å². The van der Waals surface area contributed by atoms with Gasteiger partial charge in [0.05, 0.1) is 18.0 Å². The third kappa shape index (κ3) is 2.47. The molecule has 5 heteroatoms. The second kappa shape index (κ2) is 4.82. The molecule has 2 rings (SSSR count). The Morgan fingerprint density at radius 3 is 2.61 bits per heavy atom. The van der Waals surface area contributed by atoms with Gasteiger partial charge < -0.3 is 5.11 Å². The van der Waals surface area contributed by atoms with Gasteiger partial charge in [0.15, 0.2) is 0 Å². The summed E-state index contributed by atoms with van der Waals surface area (Å²) in [5.41, 5.74) is 2.36. The first-order valence-corrected chi connectivity index (χ1v) is 6.54. The average molecular weight is 310 g/mol. The maximum atomic E-state index is 9.37. The van der Waals surface area contributed by atoms with Crippen molar-refractivity contribution < 1.29 is 5.11 Å². The number of halogens is 1. The van der Waals surface area contributed by atoms with Crippen LogP contribution in [0.4, 0.5) is 0 Å². The Hall–Kier alpha value is -1.20. The van der Waals surface area contributed by atoms with Crippen molar-refractivity contribution in [3.63, 3.8) is 0 Å². The molecule has 0 saturated carbocycles. The van der Waals surface area contributed by atoms with Gasteiger partial charge in [-0.15, -0.1) is 5.10 Å². The monoisotopic (exact) mass is 309 g/mol. The molecule has 18 heavy (non-hydrogen) atoms. The normalized spacial score (nSPS) is 11.8. The van der Waals surface area contributed by atoms with Gasteiger partial charge in [0, 0.05) is 9.89 Å². The Morgan fingerprint density at radius 1 is 1.33 bits per heavy atom. The highest BCUT2D eigenvalue weighted by molar-refractivity contribution is 9.10. The highest BCUT2D eigenvalue weighted by atomic mass is 79.9. The van der Waals surface area contributed by atoms with Gasteiger partial charge in [-0.25, -0.2) is 4.68 Å². The average Bonchev–Trinajstić information content (AvgIpc) is 2.72. The van der Waals surface area contributed by atoms with Crippen LogP contribution in [-0.2, 0) is 12.0 Å². The van der Waals surface area contributed by atoms with Crippen molar-refractivity contribution in [3.05, 3.63) is 40.1 Å². The Labute approximate surface area is 115 Å². The van der Waals surface area contributed by atoms with Crippen LogP contribution < -0.4 is 0 Å². The first-order valence-electron chi connectivity index (χ1n) is 5.75. The second-order valence-electron chi connectivity index (χ2n) is 5.18. The number of aliphatic hydroxyl groups is 1. The summed E-state index contributed by atoms with van der Waals surface area (Å²) < 4.78 is 2.77.